The SMILES string of the molecule is C=C(C)c1cc(=O)[nH]cn1. The van der Waals surface area contributed by atoms with E-state index < -0.39 is 0 Å². The first-order valence-electron chi connectivity index (χ1n) is 2.91. The van der Waals surface area contributed by atoms with Crippen LogP contribution in [0.25, 0.3) is 5.57 Å². The normalized spacial score (nSPS) is 9.30. The molecule has 0 saturated carbocycles. The molecule has 0 aliphatic heterocycles. The summed E-state index contributed by atoms with van der Waals surface area (Å²) in [4.78, 5) is 17.0. The van der Waals surface area contributed by atoms with Gasteiger partial charge in [-0.25, -0.2) is 4.98 Å². The molecule has 0 aliphatic carbocycles. The van der Waals surface area contributed by atoms with Crippen LogP contribution in [0.4, 0.5) is 0 Å². The quantitative estimate of drug-likeness (QED) is 0.620. The maximum atomic E-state index is 10.7. The molecule has 1 rings (SSSR count). The molecule has 0 aromatic carbocycles. The molecule has 0 aliphatic rings. The van der Waals surface area contributed by atoms with Crippen LogP contribution in [0.1, 0.15) is 12.6 Å². The van der Waals surface area contributed by atoms with Crippen molar-refractivity contribution in [2.24, 2.45) is 0 Å². The first-order chi connectivity index (χ1) is 4.70. The van der Waals surface area contributed by atoms with Crippen molar-refractivity contribution in [3.05, 3.63) is 35.0 Å². The van der Waals surface area contributed by atoms with Gasteiger partial charge < -0.3 is 4.98 Å². The van der Waals surface area contributed by atoms with Gasteiger partial charge in [-0.05, 0) is 12.5 Å². The Labute approximate surface area is 58.4 Å². The third-order valence-electron chi connectivity index (χ3n) is 1.12. The van der Waals surface area contributed by atoms with Crippen LogP contribution in [0.15, 0.2) is 23.8 Å². The summed E-state index contributed by atoms with van der Waals surface area (Å²) in [6, 6.07) is 1.42. The van der Waals surface area contributed by atoms with Gasteiger partial charge in [0.2, 0.25) is 0 Å². The van der Waals surface area contributed by atoms with Crippen molar-refractivity contribution in [2.45, 2.75) is 6.92 Å². The van der Waals surface area contributed by atoms with Crippen molar-refractivity contribution in [3.63, 3.8) is 0 Å². The van der Waals surface area contributed by atoms with Gasteiger partial charge in [-0.2, -0.15) is 0 Å². The fraction of sp³-hybridized carbons (Fsp3) is 0.143. The van der Waals surface area contributed by atoms with E-state index in [0.717, 1.165) is 5.57 Å². The van der Waals surface area contributed by atoms with E-state index in [1.807, 2.05) is 6.92 Å². The summed E-state index contributed by atoms with van der Waals surface area (Å²) < 4.78 is 0. The highest BCUT2D eigenvalue weighted by Gasteiger charge is 1.92. The zero-order valence-corrected chi connectivity index (χ0v) is 5.72. The number of rotatable bonds is 1. The minimum Gasteiger partial charge on any atom is -0.313 e. The number of H-pyrrole nitrogens is 1. The van der Waals surface area contributed by atoms with E-state index in [0.29, 0.717) is 5.69 Å². The maximum absolute atomic E-state index is 10.7. The fourth-order valence-electron chi connectivity index (χ4n) is 0.602. The zero-order chi connectivity index (χ0) is 7.56. The van der Waals surface area contributed by atoms with Gasteiger partial charge in [-0.3, -0.25) is 4.79 Å². The van der Waals surface area contributed by atoms with E-state index in [1.165, 1.54) is 12.4 Å². The summed E-state index contributed by atoms with van der Waals surface area (Å²) in [6.45, 7) is 5.46. The molecule has 1 N–H and O–H groups in total. The Kier molecular flexibility index (Phi) is 1.67. The second-order valence-electron chi connectivity index (χ2n) is 2.08. The van der Waals surface area contributed by atoms with Crippen LogP contribution >= 0.6 is 0 Å². The lowest BCUT2D eigenvalue weighted by Gasteiger charge is -1.93. The lowest BCUT2D eigenvalue weighted by atomic mass is 10.2. The second kappa shape index (κ2) is 2.47. The summed E-state index contributed by atoms with van der Waals surface area (Å²) in [6.07, 6.45) is 1.37. The van der Waals surface area contributed by atoms with Gasteiger partial charge in [0, 0.05) is 6.07 Å². The van der Waals surface area contributed by atoms with E-state index in [4.69, 9.17) is 0 Å². The largest absolute Gasteiger partial charge is 0.313 e. The highest BCUT2D eigenvalue weighted by atomic mass is 16.1. The molecular weight excluding hydrogens is 128 g/mol. The number of aromatic amines is 1. The van der Waals surface area contributed by atoms with Crippen molar-refractivity contribution in [3.8, 4) is 0 Å². The molecule has 3 heteroatoms. The maximum Gasteiger partial charge on any atom is 0.251 e. The molecule has 1 aromatic rings. The molecule has 0 spiro atoms. The van der Waals surface area contributed by atoms with Crippen molar-refractivity contribution < 1.29 is 0 Å². The van der Waals surface area contributed by atoms with E-state index in [-0.39, 0.29) is 5.56 Å². The summed E-state index contributed by atoms with van der Waals surface area (Å²) in [7, 11) is 0. The Hall–Kier alpha value is -1.38. The smallest absolute Gasteiger partial charge is 0.251 e. The predicted molar refractivity (Wildman–Crippen MR) is 39.6 cm³/mol. The average Bonchev–Trinajstić information content (AvgIpc) is 1.88. The standard InChI is InChI=1S/C7H8N2O/c1-5(2)6-3-7(10)9-4-8-6/h3-4H,1H2,2H3,(H,8,9,10). The average molecular weight is 136 g/mol. The van der Waals surface area contributed by atoms with Gasteiger partial charge in [-0.1, -0.05) is 6.58 Å². The lowest BCUT2D eigenvalue weighted by molar-refractivity contribution is 1.10. The number of nitrogens with one attached hydrogen (secondary N) is 1. The Morgan fingerprint density at radius 2 is 2.50 bits per heavy atom. The number of hydrogen-bond donors (Lipinski definition) is 1. The Morgan fingerprint density at radius 1 is 1.80 bits per heavy atom. The van der Waals surface area contributed by atoms with Crippen molar-refractivity contribution in [1.29, 1.82) is 0 Å². The molecule has 10 heavy (non-hydrogen) atoms. The highest BCUT2D eigenvalue weighted by Crippen LogP contribution is 2.01. The van der Waals surface area contributed by atoms with E-state index in [9.17, 15) is 4.79 Å². The minimum atomic E-state index is -0.145. The molecule has 0 fully saturated rings. The molecular formula is C7H8N2O. The third kappa shape index (κ3) is 1.31. The Balaban J connectivity index is 3.20. The van der Waals surface area contributed by atoms with Gasteiger partial charge in [0.15, 0.2) is 0 Å². The molecule has 1 aromatic heterocycles. The summed E-state index contributed by atoms with van der Waals surface area (Å²) in [5, 5.41) is 0. The Morgan fingerprint density at radius 3 is 2.90 bits per heavy atom. The van der Waals surface area contributed by atoms with E-state index >= 15 is 0 Å². The van der Waals surface area contributed by atoms with Crippen molar-refractivity contribution in [2.75, 3.05) is 0 Å². The van der Waals surface area contributed by atoms with Gasteiger partial charge >= 0.3 is 0 Å². The van der Waals surface area contributed by atoms with Crippen LogP contribution < -0.4 is 5.56 Å². The number of hydrogen-bond acceptors (Lipinski definition) is 2. The van der Waals surface area contributed by atoms with Crippen LogP contribution in [0.5, 0.6) is 0 Å². The molecule has 52 valence electrons. The summed E-state index contributed by atoms with van der Waals surface area (Å²) in [5.74, 6) is 0. The van der Waals surface area contributed by atoms with Crippen LogP contribution in [-0.2, 0) is 0 Å². The molecule has 0 saturated heterocycles. The molecule has 0 amide bonds. The molecule has 0 atom stereocenters. The van der Waals surface area contributed by atoms with E-state index in [2.05, 4.69) is 16.5 Å². The van der Waals surface area contributed by atoms with Crippen LogP contribution in [0.3, 0.4) is 0 Å². The topological polar surface area (TPSA) is 45.8 Å². The highest BCUT2D eigenvalue weighted by molar-refractivity contribution is 5.56. The van der Waals surface area contributed by atoms with Gasteiger partial charge in [0.05, 0.1) is 12.0 Å². The fourth-order valence-corrected chi connectivity index (χ4v) is 0.602. The molecule has 0 bridgehead atoms. The molecule has 3 nitrogen and oxygen atoms in total. The molecule has 0 radical (unpaired) electrons. The number of aromatic nitrogens is 2. The zero-order valence-electron chi connectivity index (χ0n) is 5.72. The second-order valence-corrected chi connectivity index (χ2v) is 2.08. The lowest BCUT2D eigenvalue weighted by Crippen LogP contribution is -2.05. The van der Waals surface area contributed by atoms with Gasteiger partial charge in [0.1, 0.15) is 0 Å². The predicted octanol–water partition coefficient (Wildman–Crippen LogP) is 0.803. The number of allylic oxidation sites excluding steroid dienone is 1. The van der Waals surface area contributed by atoms with Crippen LogP contribution in [0.2, 0.25) is 0 Å². The van der Waals surface area contributed by atoms with Crippen LogP contribution in [-0.4, -0.2) is 9.97 Å². The summed E-state index contributed by atoms with van der Waals surface area (Å²) >= 11 is 0. The van der Waals surface area contributed by atoms with Crippen molar-refractivity contribution in [1.82, 2.24) is 9.97 Å². The van der Waals surface area contributed by atoms with E-state index in [1.54, 1.807) is 0 Å². The Bertz CT molecular complexity index is 300. The van der Waals surface area contributed by atoms with Crippen LogP contribution in [0, 0.1) is 0 Å². The summed E-state index contributed by atoms with van der Waals surface area (Å²) in [5.41, 5.74) is 1.29. The molecule has 1 heterocycles. The monoisotopic (exact) mass is 136 g/mol. The third-order valence-corrected chi connectivity index (χ3v) is 1.12. The van der Waals surface area contributed by atoms with Gasteiger partial charge in [-0.15, -0.1) is 0 Å². The minimum absolute atomic E-state index is 0.145. The molecule has 0 unspecified atom stereocenters. The van der Waals surface area contributed by atoms with Gasteiger partial charge in [0.25, 0.3) is 5.56 Å². The van der Waals surface area contributed by atoms with Crippen molar-refractivity contribution >= 4 is 5.57 Å². The first kappa shape index (κ1) is 6.74. The first-order valence-corrected chi connectivity index (χ1v) is 2.91. The number of nitrogens with zero attached hydrogens (tertiary/aromatic N) is 1.